The molecule has 0 aromatic heterocycles. The topological polar surface area (TPSA) is 0 Å². The monoisotopic (exact) mass is 360 g/mol. The van der Waals surface area contributed by atoms with Crippen molar-refractivity contribution in [2.24, 2.45) is 5.92 Å². The molecular formula is C22H20F4. The van der Waals surface area contributed by atoms with E-state index in [1.807, 2.05) is 0 Å². The second kappa shape index (κ2) is 6.26. The summed E-state index contributed by atoms with van der Waals surface area (Å²) >= 11 is 0. The summed E-state index contributed by atoms with van der Waals surface area (Å²) in [7, 11) is 0. The van der Waals surface area contributed by atoms with Crippen LogP contribution in [0.4, 0.5) is 17.6 Å². The van der Waals surface area contributed by atoms with E-state index in [9.17, 15) is 17.6 Å². The van der Waals surface area contributed by atoms with Crippen LogP contribution in [0.3, 0.4) is 0 Å². The highest BCUT2D eigenvalue weighted by Gasteiger charge is 2.26. The lowest BCUT2D eigenvalue weighted by molar-refractivity contribution is 0.340. The van der Waals surface area contributed by atoms with Gasteiger partial charge in [0, 0.05) is 10.8 Å². The SMILES string of the molecule is Cc1cc2ccc3cc(C4CCC(C)CC4)c(F)c(F)c3c2c(F)c1F. The summed E-state index contributed by atoms with van der Waals surface area (Å²) in [4.78, 5) is 0. The van der Waals surface area contributed by atoms with Gasteiger partial charge in [-0.15, -0.1) is 0 Å². The third kappa shape index (κ3) is 2.58. The highest BCUT2D eigenvalue weighted by Crippen LogP contribution is 2.40. The molecule has 0 N–H and O–H groups in total. The molecule has 0 aliphatic heterocycles. The first kappa shape index (κ1) is 17.3. The van der Waals surface area contributed by atoms with Crippen LogP contribution in [0.25, 0.3) is 21.5 Å². The van der Waals surface area contributed by atoms with E-state index in [1.165, 1.54) is 13.0 Å². The molecule has 0 unspecified atom stereocenters. The molecule has 0 bridgehead atoms. The third-order valence-corrected chi connectivity index (χ3v) is 5.83. The Morgan fingerprint density at radius 3 is 1.88 bits per heavy atom. The molecule has 1 aliphatic rings. The second-order valence-electron chi connectivity index (χ2n) is 7.63. The van der Waals surface area contributed by atoms with Crippen molar-refractivity contribution in [1.29, 1.82) is 0 Å². The summed E-state index contributed by atoms with van der Waals surface area (Å²) in [6.07, 6.45) is 3.61. The van der Waals surface area contributed by atoms with E-state index in [-0.39, 0.29) is 22.3 Å². The number of halogens is 4. The zero-order valence-corrected chi connectivity index (χ0v) is 14.8. The molecule has 136 valence electrons. The average Bonchev–Trinajstić information content (AvgIpc) is 2.63. The Kier molecular flexibility index (Phi) is 4.17. The first-order valence-corrected chi connectivity index (χ1v) is 9.07. The molecule has 0 spiro atoms. The molecule has 26 heavy (non-hydrogen) atoms. The maximum Gasteiger partial charge on any atom is 0.167 e. The molecule has 0 nitrogen and oxygen atoms in total. The van der Waals surface area contributed by atoms with Crippen LogP contribution >= 0.6 is 0 Å². The third-order valence-electron chi connectivity index (χ3n) is 5.83. The quantitative estimate of drug-likeness (QED) is 0.319. The number of hydrogen-bond donors (Lipinski definition) is 0. The molecule has 0 atom stereocenters. The molecule has 1 saturated carbocycles. The number of benzene rings is 3. The smallest absolute Gasteiger partial charge is 0.167 e. The van der Waals surface area contributed by atoms with E-state index in [0.29, 0.717) is 22.3 Å². The van der Waals surface area contributed by atoms with Crippen molar-refractivity contribution >= 4 is 21.5 Å². The summed E-state index contributed by atoms with van der Waals surface area (Å²) in [5.41, 5.74) is 0.498. The zero-order valence-electron chi connectivity index (χ0n) is 14.8. The minimum absolute atomic E-state index is 0.0274. The Hall–Kier alpha value is -2.10. The summed E-state index contributed by atoms with van der Waals surface area (Å²) in [6.45, 7) is 3.62. The Morgan fingerprint density at radius 1 is 0.731 bits per heavy atom. The standard InChI is InChI=1S/C22H20F4/c1-11-3-5-13(6-4-11)16-10-15-8-7-14-9-12(2)19(23)21(25)17(14)18(15)22(26)20(16)24/h7-11,13H,3-6H2,1-2H3. The molecule has 3 aromatic carbocycles. The van der Waals surface area contributed by atoms with Crippen LogP contribution in [-0.4, -0.2) is 0 Å². The van der Waals surface area contributed by atoms with Gasteiger partial charge in [-0.3, -0.25) is 0 Å². The van der Waals surface area contributed by atoms with Gasteiger partial charge in [0.2, 0.25) is 0 Å². The Morgan fingerprint density at radius 2 is 1.27 bits per heavy atom. The van der Waals surface area contributed by atoms with E-state index >= 15 is 0 Å². The molecule has 0 radical (unpaired) electrons. The van der Waals surface area contributed by atoms with Gasteiger partial charge in [0.1, 0.15) is 0 Å². The van der Waals surface area contributed by atoms with Crippen molar-refractivity contribution in [1.82, 2.24) is 0 Å². The Labute approximate surface area is 149 Å². The highest BCUT2D eigenvalue weighted by atomic mass is 19.2. The predicted molar refractivity (Wildman–Crippen MR) is 96.4 cm³/mol. The Bertz CT molecular complexity index is 1010. The Balaban J connectivity index is 1.98. The van der Waals surface area contributed by atoms with Gasteiger partial charge in [-0.2, -0.15) is 0 Å². The molecule has 0 heterocycles. The van der Waals surface area contributed by atoms with Crippen molar-refractivity contribution in [2.45, 2.75) is 45.4 Å². The van der Waals surface area contributed by atoms with Gasteiger partial charge in [0.15, 0.2) is 23.3 Å². The van der Waals surface area contributed by atoms with E-state index < -0.39 is 23.3 Å². The van der Waals surface area contributed by atoms with Gasteiger partial charge in [-0.05, 0) is 65.6 Å². The van der Waals surface area contributed by atoms with Crippen LogP contribution in [0.15, 0.2) is 24.3 Å². The molecular weight excluding hydrogens is 340 g/mol. The molecule has 0 saturated heterocycles. The second-order valence-corrected chi connectivity index (χ2v) is 7.63. The number of hydrogen-bond acceptors (Lipinski definition) is 0. The van der Waals surface area contributed by atoms with Gasteiger partial charge >= 0.3 is 0 Å². The van der Waals surface area contributed by atoms with Crippen molar-refractivity contribution in [3.05, 3.63) is 58.7 Å². The molecule has 3 aromatic rings. The molecule has 4 heteroatoms. The van der Waals surface area contributed by atoms with E-state index in [2.05, 4.69) is 6.92 Å². The molecule has 0 amide bonds. The van der Waals surface area contributed by atoms with Gasteiger partial charge in [0.05, 0.1) is 0 Å². The van der Waals surface area contributed by atoms with Crippen LogP contribution < -0.4 is 0 Å². The fourth-order valence-electron chi connectivity index (χ4n) is 4.26. The summed E-state index contributed by atoms with van der Waals surface area (Å²) in [6, 6.07) is 6.37. The first-order valence-electron chi connectivity index (χ1n) is 9.07. The minimum atomic E-state index is -1.12. The lowest BCUT2D eigenvalue weighted by Gasteiger charge is -2.27. The predicted octanol–water partition coefficient (Wildman–Crippen LogP) is 7.15. The first-order chi connectivity index (χ1) is 12.4. The normalized spacial score (nSPS) is 20.8. The lowest BCUT2D eigenvalue weighted by atomic mass is 9.78. The van der Waals surface area contributed by atoms with E-state index in [0.717, 1.165) is 25.7 Å². The van der Waals surface area contributed by atoms with Gasteiger partial charge in [-0.25, -0.2) is 17.6 Å². The van der Waals surface area contributed by atoms with Crippen LogP contribution in [-0.2, 0) is 0 Å². The maximum absolute atomic E-state index is 15.0. The highest BCUT2D eigenvalue weighted by molar-refractivity contribution is 6.08. The number of fused-ring (bicyclic) bond motifs is 3. The average molecular weight is 360 g/mol. The van der Waals surface area contributed by atoms with Gasteiger partial charge in [0.25, 0.3) is 0 Å². The van der Waals surface area contributed by atoms with Crippen molar-refractivity contribution in [3.63, 3.8) is 0 Å². The zero-order chi connectivity index (χ0) is 18.6. The maximum atomic E-state index is 15.0. The fraction of sp³-hybridized carbons (Fsp3) is 0.364. The van der Waals surface area contributed by atoms with Crippen LogP contribution in [0.5, 0.6) is 0 Å². The van der Waals surface area contributed by atoms with Crippen LogP contribution in [0.1, 0.15) is 49.7 Å². The van der Waals surface area contributed by atoms with Crippen LogP contribution in [0.2, 0.25) is 0 Å². The van der Waals surface area contributed by atoms with Gasteiger partial charge < -0.3 is 0 Å². The minimum Gasteiger partial charge on any atom is -0.203 e. The van der Waals surface area contributed by atoms with Crippen molar-refractivity contribution in [2.75, 3.05) is 0 Å². The summed E-state index contributed by atoms with van der Waals surface area (Å²) in [5, 5.41) is 0.411. The van der Waals surface area contributed by atoms with Crippen molar-refractivity contribution < 1.29 is 17.6 Å². The summed E-state index contributed by atoms with van der Waals surface area (Å²) < 4.78 is 58.4. The van der Waals surface area contributed by atoms with Gasteiger partial charge in [-0.1, -0.05) is 31.9 Å². The number of rotatable bonds is 1. The molecule has 4 rings (SSSR count). The largest absolute Gasteiger partial charge is 0.203 e. The van der Waals surface area contributed by atoms with Crippen LogP contribution in [0, 0.1) is 36.1 Å². The van der Waals surface area contributed by atoms with E-state index in [1.54, 1.807) is 18.2 Å². The summed E-state index contributed by atoms with van der Waals surface area (Å²) in [5.74, 6) is -3.57. The molecule has 1 fully saturated rings. The number of aryl methyl sites for hydroxylation is 1. The van der Waals surface area contributed by atoms with E-state index in [4.69, 9.17) is 0 Å². The van der Waals surface area contributed by atoms with Crippen molar-refractivity contribution in [3.8, 4) is 0 Å². The fourth-order valence-corrected chi connectivity index (χ4v) is 4.26. The molecule has 1 aliphatic carbocycles. The lowest BCUT2D eigenvalue weighted by Crippen LogP contribution is -2.13.